The number of aliphatic hydroxyl groups is 2. The van der Waals surface area contributed by atoms with Gasteiger partial charge in [-0.2, -0.15) is 0 Å². The number of carbonyl (C=O) groups is 1. The third-order valence-corrected chi connectivity index (χ3v) is 2.11. The minimum atomic E-state index is -2.20. The number of hydrogen-bond acceptors (Lipinski definition) is 4. The largest absolute Gasteiger partial charge is 0.493 e. The Balaban J connectivity index is 3.24. The van der Waals surface area contributed by atoms with E-state index in [1.165, 1.54) is 0 Å². The third kappa shape index (κ3) is 2.69. The summed E-state index contributed by atoms with van der Waals surface area (Å²) >= 11 is 0. The second-order valence-electron chi connectivity index (χ2n) is 3.24. The first-order valence-electron chi connectivity index (χ1n) is 4.50. The highest BCUT2D eigenvalue weighted by atomic mass is 19.1. The van der Waals surface area contributed by atoms with Gasteiger partial charge in [-0.05, 0) is 6.07 Å². The Morgan fingerprint density at radius 3 is 2.41 bits per heavy atom. The Bertz CT molecular complexity index is 435. The number of rotatable bonds is 4. The van der Waals surface area contributed by atoms with Gasteiger partial charge in [-0.15, -0.1) is 0 Å². The number of aliphatic hydroxyl groups excluding tert-OH is 2. The first-order valence-corrected chi connectivity index (χ1v) is 4.50. The quantitative estimate of drug-likeness (QED) is 0.720. The van der Waals surface area contributed by atoms with Crippen molar-refractivity contribution in [2.24, 2.45) is 0 Å². The minimum absolute atomic E-state index is 0.472. The smallest absolute Gasteiger partial charge is 0.335 e. The minimum Gasteiger partial charge on any atom is -0.493 e. The van der Waals surface area contributed by atoms with Crippen molar-refractivity contribution >= 4 is 5.97 Å². The van der Waals surface area contributed by atoms with Crippen LogP contribution in [0.25, 0.3) is 0 Å². The normalized spacial score (nSPS) is 14.2. The topological polar surface area (TPSA) is 87.0 Å². The van der Waals surface area contributed by atoms with Gasteiger partial charge in [0.15, 0.2) is 17.7 Å². The van der Waals surface area contributed by atoms with E-state index < -0.39 is 41.1 Å². The summed E-state index contributed by atoms with van der Waals surface area (Å²) in [6.45, 7) is 0. The predicted molar refractivity (Wildman–Crippen MR) is 51.5 cm³/mol. The van der Waals surface area contributed by atoms with Crippen LogP contribution in [0.4, 0.5) is 8.78 Å². The highest BCUT2D eigenvalue weighted by Gasteiger charge is 2.29. The summed E-state index contributed by atoms with van der Waals surface area (Å²) in [4.78, 5) is 10.4. The number of halogens is 2. The average Bonchev–Trinajstić information content (AvgIpc) is 2.25. The number of carboxylic acids is 1. The van der Waals surface area contributed by atoms with E-state index in [-0.39, 0.29) is 0 Å². The molecule has 0 bridgehead atoms. The molecule has 0 spiro atoms. The molecule has 7 heteroatoms. The lowest BCUT2D eigenvalue weighted by atomic mass is 10.0. The first-order chi connectivity index (χ1) is 7.88. The molecular formula is C10H10F2O5. The monoisotopic (exact) mass is 248 g/mol. The molecule has 0 aromatic heterocycles. The lowest BCUT2D eigenvalue weighted by Gasteiger charge is -2.17. The average molecular weight is 248 g/mol. The number of hydrogen-bond donors (Lipinski definition) is 3. The summed E-state index contributed by atoms with van der Waals surface area (Å²) in [5, 5.41) is 27.1. The van der Waals surface area contributed by atoms with Crippen molar-refractivity contribution in [2.75, 3.05) is 7.11 Å². The molecule has 1 aromatic carbocycles. The van der Waals surface area contributed by atoms with Gasteiger partial charge in [-0.3, -0.25) is 0 Å². The Morgan fingerprint density at radius 2 is 1.94 bits per heavy atom. The molecule has 5 nitrogen and oxygen atoms in total. The molecule has 0 aliphatic heterocycles. The molecule has 0 saturated carbocycles. The van der Waals surface area contributed by atoms with Crippen molar-refractivity contribution in [3.63, 3.8) is 0 Å². The van der Waals surface area contributed by atoms with E-state index in [2.05, 4.69) is 4.74 Å². The molecule has 1 rings (SSSR count). The first kappa shape index (κ1) is 13.3. The van der Waals surface area contributed by atoms with Gasteiger partial charge in [-0.25, -0.2) is 13.6 Å². The maximum atomic E-state index is 13.2. The number of aliphatic carboxylic acids is 1. The lowest BCUT2D eigenvalue weighted by molar-refractivity contribution is -0.153. The zero-order valence-corrected chi connectivity index (χ0v) is 8.72. The van der Waals surface area contributed by atoms with Crippen LogP contribution in [0.5, 0.6) is 5.75 Å². The lowest BCUT2D eigenvalue weighted by Crippen LogP contribution is -2.28. The van der Waals surface area contributed by atoms with Gasteiger partial charge in [-0.1, -0.05) is 0 Å². The summed E-state index contributed by atoms with van der Waals surface area (Å²) in [6, 6.07) is 1.21. The summed E-state index contributed by atoms with van der Waals surface area (Å²) in [5.41, 5.74) is -0.472. The summed E-state index contributed by atoms with van der Waals surface area (Å²) in [6.07, 6.45) is -4.20. The number of ether oxygens (including phenoxy) is 1. The van der Waals surface area contributed by atoms with Crippen LogP contribution in [0, 0.1) is 11.6 Å². The van der Waals surface area contributed by atoms with Crippen molar-refractivity contribution < 1.29 is 33.6 Å². The molecule has 0 fully saturated rings. The Hall–Kier alpha value is -1.73. The highest BCUT2D eigenvalue weighted by molar-refractivity contribution is 5.73. The van der Waals surface area contributed by atoms with Crippen molar-refractivity contribution in [2.45, 2.75) is 12.2 Å². The Morgan fingerprint density at radius 1 is 1.35 bits per heavy atom. The zero-order chi connectivity index (χ0) is 13.2. The van der Waals surface area contributed by atoms with Crippen molar-refractivity contribution in [3.05, 3.63) is 29.3 Å². The molecule has 0 saturated heterocycles. The Kier molecular flexibility index (Phi) is 3.97. The van der Waals surface area contributed by atoms with Crippen molar-refractivity contribution in [1.82, 2.24) is 0 Å². The molecule has 0 amide bonds. The molecule has 0 radical (unpaired) electrons. The van der Waals surface area contributed by atoms with E-state index in [9.17, 15) is 18.7 Å². The van der Waals surface area contributed by atoms with Crippen LogP contribution in [0.2, 0.25) is 0 Å². The van der Waals surface area contributed by atoms with Crippen LogP contribution in [0.1, 0.15) is 11.7 Å². The van der Waals surface area contributed by atoms with Crippen LogP contribution in [-0.2, 0) is 4.79 Å². The third-order valence-electron chi connectivity index (χ3n) is 2.11. The molecule has 0 heterocycles. The SMILES string of the molecule is COc1c(F)cc(F)cc1C(O)C(O)C(=O)O. The van der Waals surface area contributed by atoms with Crippen LogP contribution >= 0.6 is 0 Å². The summed E-state index contributed by atoms with van der Waals surface area (Å²) < 4.78 is 30.7. The number of methoxy groups -OCH3 is 1. The molecule has 0 aliphatic rings. The van der Waals surface area contributed by atoms with E-state index in [0.29, 0.717) is 12.1 Å². The van der Waals surface area contributed by atoms with Gasteiger partial charge in [0.25, 0.3) is 0 Å². The molecule has 0 aliphatic carbocycles. The highest BCUT2D eigenvalue weighted by Crippen LogP contribution is 2.31. The van der Waals surface area contributed by atoms with E-state index >= 15 is 0 Å². The molecular weight excluding hydrogens is 238 g/mol. The summed E-state index contributed by atoms with van der Waals surface area (Å²) in [7, 11) is 1.07. The van der Waals surface area contributed by atoms with E-state index in [0.717, 1.165) is 7.11 Å². The maximum Gasteiger partial charge on any atom is 0.335 e. The van der Waals surface area contributed by atoms with E-state index in [4.69, 9.17) is 10.2 Å². The van der Waals surface area contributed by atoms with Crippen LogP contribution in [-0.4, -0.2) is 34.5 Å². The molecule has 3 N–H and O–H groups in total. The van der Waals surface area contributed by atoms with E-state index in [1.807, 2.05) is 0 Å². The van der Waals surface area contributed by atoms with Gasteiger partial charge in [0.05, 0.1) is 7.11 Å². The van der Waals surface area contributed by atoms with Crippen molar-refractivity contribution in [1.29, 1.82) is 0 Å². The molecule has 94 valence electrons. The van der Waals surface area contributed by atoms with Crippen LogP contribution < -0.4 is 4.74 Å². The number of benzene rings is 1. The van der Waals surface area contributed by atoms with Gasteiger partial charge >= 0.3 is 5.97 Å². The van der Waals surface area contributed by atoms with Gasteiger partial charge < -0.3 is 20.1 Å². The fourth-order valence-corrected chi connectivity index (χ4v) is 1.32. The van der Waals surface area contributed by atoms with Crippen LogP contribution in [0.3, 0.4) is 0 Å². The predicted octanol–water partition coefficient (Wildman–Crippen LogP) is 0.452. The fourth-order valence-electron chi connectivity index (χ4n) is 1.32. The second-order valence-corrected chi connectivity index (χ2v) is 3.24. The number of carboxylic acid groups (broad SMARTS) is 1. The molecule has 2 atom stereocenters. The van der Waals surface area contributed by atoms with Gasteiger partial charge in [0.2, 0.25) is 0 Å². The van der Waals surface area contributed by atoms with Gasteiger partial charge in [0, 0.05) is 11.6 Å². The second kappa shape index (κ2) is 5.07. The zero-order valence-electron chi connectivity index (χ0n) is 8.72. The maximum absolute atomic E-state index is 13.2. The molecule has 1 aromatic rings. The van der Waals surface area contributed by atoms with Gasteiger partial charge in [0.1, 0.15) is 11.9 Å². The fraction of sp³-hybridized carbons (Fsp3) is 0.300. The van der Waals surface area contributed by atoms with Crippen LogP contribution in [0.15, 0.2) is 12.1 Å². The standard InChI is InChI=1S/C10H10F2O5/c1-17-9-5(2-4(11)3-6(9)12)7(13)8(14)10(15)16/h2-3,7-8,13-14H,1H3,(H,15,16). The Labute approximate surface area is 94.9 Å². The van der Waals surface area contributed by atoms with Crippen molar-refractivity contribution in [3.8, 4) is 5.75 Å². The molecule has 2 unspecified atom stereocenters. The molecule has 17 heavy (non-hydrogen) atoms. The van der Waals surface area contributed by atoms with E-state index in [1.54, 1.807) is 0 Å². The summed E-state index contributed by atoms with van der Waals surface area (Å²) in [5.74, 6) is -4.35.